The first-order valence-corrected chi connectivity index (χ1v) is 9.53. The fraction of sp³-hybridized carbons (Fsp3) is 0.600. The van der Waals surface area contributed by atoms with E-state index in [2.05, 4.69) is 12.2 Å². The van der Waals surface area contributed by atoms with Gasteiger partial charge in [-0.1, -0.05) is 29.8 Å². The first-order chi connectivity index (χ1) is 9.88. The van der Waals surface area contributed by atoms with Crippen LogP contribution >= 0.6 is 11.6 Å². The van der Waals surface area contributed by atoms with E-state index in [1.54, 1.807) is 4.31 Å². The van der Waals surface area contributed by atoms with E-state index < -0.39 is 10.0 Å². The molecular formula is C15H23ClN2O2S. The molecule has 1 aromatic rings. The Morgan fingerprint density at radius 3 is 2.81 bits per heavy atom. The molecule has 21 heavy (non-hydrogen) atoms. The molecule has 0 spiro atoms. The van der Waals surface area contributed by atoms with Crippen LogP contribution < -0.4 is 5.32 Å². The normalized spacial score (nSPS) is 22.1. The highest BCUT2D eigenvalue weighted by molar-refractivity contribution is 7.88. The Kier molecular flexibility index (Phi) is 5.66. The van der Waals surface area contributed by atoms with Crippen molar-refractivity contribution in [2.45, 2.75) is 25.8 Å². The number of piperidine rings is 1. The summed E-state index contributed by atoms with van der Waals surface area (Å²) >= 11 is 6.20. The van der Waals surface area contributed by atoms with Gasteiger partial charge in [0.2, 0.25) is 10.0 Å². The van der Waals surface area contributed by atoms with E-state index in [-0.39, 0.29) is 6.04 Å². The van der Waals surface area contributed by atoms with Gasteiger partial charge in [-0.15, -0.1) is 0 Å². The zero-order chi connectivity index (χ0) is 15.5. The molecule has 0 amide bonds. The van der Waals surface area contributed by atoms with Gasteiger partial charge in [0.1, 0.15) is 0 Å². The smallest absolute Gasteiger partial charge is 0.211 e. The van der Waals surface area contributed by atoms with Crippen LogP contribution in [0.25, 0.3) is 0 Å². The Morgan fingerprint density at radius 1 is 1.43 bits per heavy atom. The van der Waals surface area contributed by atoms with Gasteiger partial charge in [0.05, 0.1) is 6.26 Å². The van der Waals surface area contributed by atoms with Crippen molar-refractivity contribution in [3.8, 4) is 0 Å². The monoisotopic (exact) mass is 330 g/mol. The second-order valence-corrected chi connectivity index (χ2v) is 8.17. The molecule has 118 valence electrons. The summed E-state index contributed by atoms with van der Waals surface area (Å²) in [6.45, 7) is 4.15. The van der Waals surface area contributed by atoms with Crippen LogP contribution in [0.4, 0.5) is 0 Å². The molecular weight excluding hydrogens is 308 g/mol. The highest BCUT2D eigenvalue weighted by Gasteiger charge is 2.26. The Labute approximate surface area is 132 Å². The van der Waals surface area contributed by atoms with Gasteiger partial charge in [-0.3, -0.25) is 0 Å². The third-order valence-electron chi connectivity index (χ3n) is 4.04. The zero-order valence-electron chi connectivity index (χ0n) is 12.5. The molecule has 1 aliphatic rings. The average Bonchev–Trinajstić information content (AvgIpc) is 2.45. The Balaban J connectivity index is 1.90. The van der Waals surface area contributed by atoms with Gasteiger partial charge < -0.3 is 5.32 Å². The van der Waals surface area contributed by atoms with Crippen molar-refractivity contribution in [2.75, 3.05) is 25.9 Å². The van der Waals surface area contributed by atoms with Crippen molar-refractivity contribution in [1.82, 2.24) is 9.62 Å². The molecule has 0 aromatic heterocycles. The predicted molar refractivity (Wildman–Crippen MR) is 87.0 cm³/mol. The van der Waals surface area contributed by atoms with E-state index in [1.807, 2.05) is 24.3 Å². The quantitative estimate of drug-likeness (QED) is 0.903. The second-order valence-electron chi connectivity index (χ2n) is 5.78. The van der Waals surface area contributed by atoms with E-state index in [1.165, 1.54) is 6.26 Å². The molecule has 0 aliphatic carbocycles. The lowest BCUT2D eigenvalue weighted by molar-refractivity contribution is 0.257. The Bertz CT molecular complexity index is 577. The van der Waals surface area contributed by atoms with Crippen LogP contribution in [-0.2, 0) is 10.0 Å². The summed E-state index contributed by atoms with van der Waals surface area (Å²) in [4.78, 5) is 0. The molecule has 1 fully saturated rings. The summed E-state index contributed by atoms with van der Waals surface area (Å²) in [5.74, 6) is 0.360. The van der Waals surface area contributed by atoms with Crippen LogP contribution in [0.1, 0.15) is 31.4 Å². The Morgan fingerprint density at radius 2 is 2.14 bits per heavy atom. The Hall–Kier alpha value is -0.620. The summed E-state index contributed by atoms with van der Waals surface area (Å²) in [6.07, 6.45) is 3.28. The molecule has 0 saturated carbocycles. The minimum atomic E-state index is -3.07. The molecule has 0 radical (unpaired) electrons. The van der Waals surface area contributed by atoms with Crippen molar-refractivity contribution in [2.24, 2.45) is 5.92 Å². The summed E-state index contributed by atoms with van der Waals surface area (Å²) in [6, 6.07) is 7.96. The maximum absolute atomic E-state index is 11.6. The minimum Gasteiger partial charge on any atom is -0.310 e. The number of nitrogens with one attached hydrogen (secondary N) is 1. The lowest BCUT2D eigenvalue weighted by Gasteiger charge is -2.31. The van der Waals surface area contributed by atoms with Crippen LogP contribution in [0.3, 0.4) is 0 Å². The van der Waals surface area contributed by atoms with E-state index >= 15 is 0 Å². The summed E-state index contributed by atoms with van der Waals surface area (Å²) in [5, 5.41) is 4.24. The predicted octanol–water partition coefficient (Wildman–Crippen LogP) is 2.66. The number of hydrogen-bond donors (Lipinski definition) is 1. The molecule has 1 N–H and O–H groups in total. The SMILES string of the molecule is C[C@@H](NCC1CCCN(S(C)(=O)=O)C1)c1ccccc1Cl. The fourth-order valence-electron chi connectivity index (χ4n) is 2.77. The van der Waals surface area contributed by atoms with Crippen molar-refractivity contribution in [3.05, 3.63) is 34.9 Å². The molecule has 1 aliphatic heterocycles. The summed E-state index contributed by atoms with van der Waals surface area (Å²) in [5.41, 5.74) is 1.08. The van der Waals surface area contributed by atoms with Crippen LogP contribution in [0.5, 0.6) is 0 Å². The van der Waals surface area contributed by atoms with Crippen LogP contribution in [0.2, 0.25) is 5.02 Å². The molecule has 2 atom stereocenters. The van der Waals surface area contributed by atoms with E-state index in [9.17, 15) is 8.42 Å². The van der Waals surface area contributed by atoms with Crippen molar-refractivity contribution >= 4 is 21.6 Å². The van der Waals surface area contributed by atoms with Crippen LogP contribution in [0.15, 0.2) is 24.3 Å². The maximum atomic E-state index is 11.6. The molecule has 1 unspecified atom stereocenters. The maximum Gasteiger partial charge on any atom is 0.211 e. The first-order valence-electron chi connectivity index (χ1n) is 7.31. The topological polar surface area (TPSA) is 49.4 Å². The molecule has 1 saturated heterocycles. The molecule has 6 heteroatoms. The molecule has 4 nitrogen and oxygen atoms in total. The second kappa shape index (κ2) is 7.09. The standard InChI is InChI=1S/C15H23ClN2O2S/c1-12(14-7-3-4-8-15(14)16)17-10-13-6-5-9-18(11-13)21(2,19)20/h3-4,7-8,12-13,17H,5-6,9-11H2,1-2H3/t12-,13?/m1/s1. The third kappa shape index (κ3) is 4.68. The van der Waals surface area contributed by atoms with Crippen LogP contribution in [0, 0.1) is 5.92 Å². The van der Waals surface area contributed by atoms with Crippen molar-refractivity contribution in [1.29, 1.82) is 0 Å². The van der Waals surface area contributed by atoms with E-state index in [4.69, 9.17) is 11.6 Å². The molecule has 1 heterocycles. The third-order valence-corrected chi connectivity index (χ3v) is 5.65. The molecule has 2 rings (SSSR count). The van der Waals surface area contributed by atoms with Crippen molar-refractivity contribution < 1.29 is 8.42 Å². The number of hydrogen-bond acceptors (Lipinski definition) is 3. The minimum absolute atomic E-state index is 0.160. The highest BCUT2D eigenvalue weighted by atomic mass is 35.5. The average molecular weight is 331 g/mol. The zero-order valence-corrected chi connectivity index (χ0v) is 14.1. The number of halogens is 1. The molecule has 1 aromatic carbocycles. The number of nitrogens with zero attached hydrogens (tertiary/aromatic N) is 1. The van der Waals surface area contributed by atoms with E-state index in [0.29, 0.717) is 19.0 Å². The van der Waals surface area contributed by atoms with Crippen LogP contribution in [-0.4, -0.2) is 38.6 Å². The van der Waals surface area contributed by atoms with Gasteiger partial charge >= 0.3 is 0 Å². The first kappa shape index (κ1) is 16.7. The van der Waals surface area contributed by atoms with Gasteiger partial charge in [0.25, 0.3) is 0 Å². The van der Waals surface area contributed by atoms with Gasteiger partial charge in [-0.05, 0) is 43.9 Å². The summed E-state index contributed by atoms with van der Waals surface area (Å²) < 4.78 is 24.8. The lowest BCUT2D eigenvalue weighted by atomic mass is 9.99. The lowest BCUT2D eigenvalue weighted by Crippen LogP contribution is -2.42. The van der Waals surface area contributed by atoms with Crippen molar-refractivity contribution in [3.63, 3.8) is 0 Å². The van der Waals surface area contributed by atoms with Gasteiger partial charge in [0, 0.05) is 24.2 Å². The number of benzene rings is 1. The van der Waals surface area contributed by atoms with E-state index in [0.717, 1.165) is 30.0 Å². The van der Waals surface area contributed by atoms with Gasteiger partial charge in [-0.2, -0.15) is 0 Å². The van der Waals surface area contributed by atoms with Gasteiger partial charge in [-0.25, -0.2) is 12.7 Å². The number of rotatable bonds is 5. The van der Waals surface area contributed by atoms with Gasteiger partial charge in [0.15, 0.2) is 0 Å². The largest absolute Gasteiger partial charge is 0.310 e. The fourth-order valence-corrected chi connectivity index (χ4v) is 4.02. The highest BCUT2D eigenvalue weighted by Crippen LogP contribution is 2.23. The number of sulfonamides is 1. The summed E-state index contributed by atoms with van der Waals surface area (Å²) in [7, 11) is -3.07. The molecule has 0 bridgehead atoms.